The molecule has 9 heteroatoms. The van der Waals surface area contributed by atoms with Gasteiger partial charge in [0.25, 0.3) is 0 Å². The Kier molecular flexibility index (Phi) is 5.67. The Labute approximate surface area is 172 Å². The fourth-order valence-corrected chi connectivity index (χ4v) is 3.38. The summed E-state index contributed by atoms with van der Waals surface area (Å²) in [5.74, 6) is -2.51. The third kappa shape index (κ3) is 3.93. The van der Waals surface area contributed by atoms with E-state index in [1.165, 1.54) is 26.0 Å². The van der Waals surface area contributed by atoms with Crippen LogP contribution in [0.3, 0.4) is 0 Å². The molecule has 0 saturated heterocycles. The number of rotatable bonds is 5. The SMILES string of the molecule is C=C(CO)C(=O)O[C@H]1C[C@H](C)C2=CC(=O)[C@](C)(C=C3OC(=O)C(COC(C)=O)=C31)O2. The molecular formula is C21H22O9. The Morgan fingerprint density at radius 1 is 1.37 bits per heavy atom. The number of ether oxygens (including phenoxy) is 4. The Morgan fingerprint density at radius 2 is 2.07 bits per heavy atom. The lowest BCUT2D eigenvalue weighted by Gasteiger charge is -2.23. The van der Waals surface area contributed by atoms with Gasteiger partial charge in [-0.1, -0.05) is 13.5 Å². The van der Waals surface area contributed by atoms with Gasteiger partial charge in [0.2, 0.25) is 5.78 Å². The average molecular weight is 418 g/mol. The normalized spacial score (nSPS) is 27.6. The maximum Gasteiger partial charge on any atom is 0.343 e. The Bertz CT molecular complexity index is 936. The van der Waals surface area contributed by atoms with E-state index < -0.39 is 42.8 Å². The number of hydrogen-bond donors (Lipinski definition) is 1. The molecule has 160 valence electrons. The van der Waals surface area contributed by atoms with Crippen LogP contribution in [0.15, 0.2) is 47.0 Å². The summed E-state index contributed by atoms with van der Waals surface area (Å²) in [7, 11) is 0. The molecule has 3 aliphatic heterocycles. The van der Waals surface area contributed by atoms with Crippen molar-refractivity contribution in [2.45, 2.75) is 38.9 Å². The second-order valence-electron chi connectivity index (χ2n) is 7.48. The summed E-state index contributed by atoms with van der Waals surface area (Å²) in [6.45, 7) is 6.97. The van der Waals surface area contributed by atoms with Crippen LogP contribution in [0.1, 0.15) is 27.2 Å². The van der Waals surface area contributed by atoms with Crippen molar-refractivity contribution in [1.82, 2.24) is 0 Å². The van der Waals surface area contributed by atoms with Crippen LogP contribution >= 0.6 is 0 Å². The summed E-state index contributed by atoms with van der Waals surface area (Å²) in [5, 5.41) is 9.18. The number of allylic oxidation sites excluding steroid dienone is 1. The largest absolute Gasteiger partial charge is 0.479 e. The molecule has 0 aliphatic carbocycles. The highest BCUT2D eigenvalue weighted by Gasteiger charge is 2.47. The molecule has 3 heterocycles. The van der Waals surface area contributed by atoms with Gasteiger partial charge in [-0.15, -0.1) is 0 Å². The van der Waals surface area contributed by atoms with E-state index in [0.29, 0.717) is 5.76 Å². The maximum absolute atomic E-state index is 12.5. The van der Waals surface area contributed by atoms with E-state index in [9.17, 15) is 24.3 Å². The molecule has 0 unspecified atom stereocenters. The van der Waals surface area contributed by atoms with E-state index >= 15 is 0 Å². The molecule has 1 N–H and O–H groups in total. The molecule has 9 nitrogen and oxygen atoms in total. The van der Waals surface area contributed by atoms with Crippen molar-refractivity contribution in [3.63, 3.8) is 0 Å². The number of hydrogen-bond acceptors (Lipinski definition) is 9. The lowest BCUT2D eigenvalue weighted by atomic mass is 9.90. The van der Waals surface area contributed by atoms with Gasteiger partial charge in [0.05, 0.1) is 17.8 Å². The average Bonchev–Trinajstić information content (AvgIpc) is 3.14. The van der Waals surface area contributed by atoms with Gasteiger partial charge in [-0.3, -0.25) is 9.59 Å². The van der Waals surface area contributed by atoms with E-state index in [2.05, 4.69) is 6.58 Å². The van der Waals surface area contributed by atoms with E-state index in [4.69, 9.17) is 18.9 Å². The molecule has 0 fully saturated rings. The molecule has 0 amide bonds. The molecule has 0 aromatic heterocycles. The minimum Gasteiger partial charge on any atom is -0.479 e. The van der Waals surface area contributed by atoms with Gasteiger partial charge < -0.3 is 24.1 Å². The van der Waals surface area contributed by atoms with Gasteiger partial charge >= 0.3 is 17.9 Å². The zero-order valence-electron chi connectivity index (χ0n) is 16.9. The molecule has 2 bridgehead atoms. The monoisotopic (exact) mass is 418 g/mol. The Balaban J connectivity index is 2.12. The molecule has 3 atom stereocenters. The highest BCUT2D eigenvalue weighted by Crippen LogP contribution is 2.42. The van der Waals surface area contributed by atoms with Crippen molar-refractivity contribution < 1.29 is 43.2 Å². The molecule has 0 aromatic rings. The third-order valence-electron chi connectivity index (χ3n) is 5.06. The molecular weight excluding hydrogens is 396 g/mol. The van der Waals surface area contributed by atoms with Crippen LogP contribution in [0.2, 0.25) is 0 Å². The minimum absolute atomic E-state index is 0.00105. The predicted molar refractivity (Wildman–Crippen MR) is 100 cm³/mol. The molecule has 0 aromatic carbocycles. The first-order valence-corrected chi connectivity index (χ1v) is 9.32. The molecule has 3 aliphatic rings. The first-order chi connectivity index (χ1) is 14.1. The van der Waals surface area contributed by atoms with Gasteiger partial charge in [-0.25, -0.2) is 9.59 Å². The van der Waals surface area contributed by atoms with E-state index in [-0.39, 0.29) is 40.6 Å². The zero-order valence-corrected chi connectivity index (χ0v) is 16.9. The zero-order chi connectivity index (χ0) is 22.2. The lowest BCUT2D eigenvalue weighted by Crippen LogP contribution is -2.31. The molecule has 3 rings (SSSR count). The summed E-state index contributed by atoms with van der Waals surface area (Å²) in [5.41, 5.74) is -1.37. The third-order valence-corrected chi connectivity index (χ3v) is 5.06. The molecule has 0 radical (unpaired) electrons. The van der Waals surface area contributed by atoms with E-state index in [1.807, 2.05) is 0 Å². The van der Waals surface area contributed by atoms with Crippen molar-refractivity contribution in [3.05, 3.63) is 47.0 Å². The number of esters is 3. The topological polar surface area (TPSA) is 125 Å². The van der Waals surface area contributed by atoms with Gasteiger partial charge in [-0.05, 0) is 13.3 Å². The minimum atomic E-state index is -1.39. The van der Waals surface area contributed by atoms with E-state index in [0.717, 1.165) is 0 Å². The van der Waals surface area contributed by atoms with E-state index in [1.54, 1.807) is 6.92 Å². The van der Waals surface area contributed by atoms with Crippen LogP contribution in [0, 0.1) is 5.92 Å². The van der Waals surface area contributed by atoms with Crippen molar-refractivity contribution in [2.24, 2.45) is 5.92 Å². The lowest BCUT2D eigenvalue weighted by molar-refractivity contribution is -0.144. The van der Waals surface area contributed by atoms with Crippen molar-refractivity contribution in [1.29, 1.82) is 0 Å². The quantitative estimate of drug-likeness (QED) is 0.396. The summed E-state index contributed by atoms with van der Waals surface area (Å²) in [4.78, 5) is 48.6. The van der Waals surface area contributed by atoms with Crippen LogP contribution in [0.25, 0.3) is 0 Å². The number of aliphatic hydroxyl groups excluding tert-OH is 1. The maximum atomic E-state index is 12.5. The van der Waals surface area contributed by atoms with Crippen molar-refractivity contribution in [2.75, 3.05) is 13.2 Å². The van der Waals surface area contributed by atoms with Gasteiger partial charge in [-0.2, -0.15) is 0 Å². The van der Waals surface area contributed by atoms with Crippen LogP contribution in [0.4, 0.5) is 0 Å². The predicted octanol–water partition coefficient (Wildman–Crippen LogP) is 1.03. The number of carbonyl (C=O) groups excluding carboxylic acids is 4. The van der Waals surface area contributed by atoms with Crippen LogP contribution < -0.4 is 0 Å². The Morgan fingerprint density at radius 3 is 2.70 bits per heavy atom. The van der Waals surface area contributed by atoms with Crippen molar-refractivity contribution in [3.8, 4) is 0 Å². The van der Waals surface area contributed by atoms with Crippen LogP contribution in [0.5, 0.6) is 0 Å². The number of ketones is 1. The summed E-state index contributed by atoms with van der Waals surface area (Å²) >= 11 is 0. The van der Waals surface area contributed by atoms with Crippen LogP contribution in [-0.4, -0.2) is 53.7 Å². The number of carbonyl (C=O) groups is 4. The fraction of sp³-hybridized carbons (Fsp3) is 0.429. The number of fused-ring (bicyclic) bond motifs is 3. The van der Waals surface area contributed by atoms with Crippen molar-refractivity contribution >= 4 is 23.7 Å². The van der Waals surface area contributed by atoms with Gasteiger partial charge in [0, 0.05) is 30.6 Å². The standard InChI is InChI=1S/C21H22O9/c1-10-5-15(28-19(25)11(2)8-22)18-13(9-27-12(3)23)20(26)29-16(18)7-21(4)17(24)6-14(10)30-21/h6-7,10,15,22H,2,5,8-9H2,1,3-4H3/t10-,15-,21-/m0/s1. The van der Waals surface area contributed by atoms with Crippen LogP contribution in [-0.2, 0) is 38.1 Å². The molecule has 0 saturated carbocycles. The Hall–Kier alpha value is -3.20. The second-order valence-corrected chi connectivity index (χ2v) is 7.48. The highest BCUT2D eigenvalue weighted by atomic mass is 16.6. The highest BCUT2D eigenvalue weighted by molar-refractivity contribution is 6.02. The number of aliphatic hydroxyl groups is 1. The summed E-state index contributed by atoms with van der Waals surface area (Å²) < 4.78 is 21.7. The molecule has 0 spiro atoms. The first kappa shape index (κ1) is 21.5. The smallest absolute Gasteiger partial charge is 0.343 e. The van der Waals surface area contributed by atoms with Gasteiger partial charge in [0.1, 0.15) is 24.2 Å². The summed E-state index contributed by atoms with van der Waals surface area (Å²) in [6, 6.07) is 0. The first-order valence-electron chi connectivity index (χ1n) is 9.32. The van der Waals surface area contributed by atoms with Gasteiger partial charge in [0.15, 0.2) is 5.60 Å². The fourth-order valence-electron chi connectivity index (χ4n) is 3.38. The summed E-state index contributed by atoms with van der Waals surface area (Å²) in [6.07, 6.45) is 1.87. The molecule has 30 heavy (non-hydrogen) atoms. The second kappa shape index (κ2) is 7.91.